The molecule has 2 bridgehead atoms. The molecule has 3 aliphatic carbocycles. The average molecular weight is 336 g/mol. The summed E-state index contributed by atoms with van der Waals surface area (Å²) in [6.45, 7) is 1.24. The summed E-state index contributed by atoms with van der Waals surface area (Å²) in [5.74, 6) is 1.29. The predicted molar refractivity (Wildman–Crippen MR) is 94.6 cm³/mol. The van der Waals surface area contributed by atoms with Gasteiger partial charge in [-0.3, -0.25) is 14.5 Å². The fourth-order valence-corrected chi connectivity index (χ4v) is 5.35. The van der Waals surface area contributed by atoms with Crippen LogP contribution in [0.5, 0.6) is 0 Å². The molecular formula is C21H24N2O2. The van der Waals surface area contributed by atoms with Crippen LogP contribution in [-0.2, 0) is 9.59 Å². The van der Waals surface area contributed by atoms with Crippen LogP contribution in [0.2, 0.25) is 0 Å². The van der Waals surface area contributed by atoms with Crippen molar-refractivity contribution in [2.75, 3.05) is 13.1 Å². The minimum atomic E-state index is -0.0614. The van der Waals surface area contributed by atoms with Gasteiger partial charge in [-0.15, -0.1) is 0 Å². The Kier molecular flexibility index (Phi) is 3.56. The third-order valence-electron chi connectivity index (χ3n) is 6.74. The van der Waals surface area contributed by atoms with E-state index in [9.17, 15) is 9.59 Å². The molecule has 0 spiro atoms. The van der Waals surface area contributed by atoms with E-state index in [1.54, 1.807) is 0 Å². The van der Waals surface area contributed by atoms with Gasteiger partial charge >= 0.3 is 0 Å². The Balaban J connectivity index is 1.11. The first-order valence-corrected chi connectivity index (χ1v) is 9.54. The first kappa shape index (κ1) is 15.3. The Morgan fingerprint density at radius 3 is 2.20 bits per heavy atom. The number of hydrogen-bond acceptors (Lipinski definition) is 3. The molecule has 25 heavy (non-hydrogen) atoms. The van der Waals surface area contributed by atoms with Gasteiger partial charge in [0.15, 0.2) is 0 Å². The molecule has 1 aliphatic heterocycles. The molecule has 2 amide bonds. The van der Waals surface area contributed by atoms with E-state index in [0.717, 1.165) is 19.3 Å². The molecule has 1 heterocycles. The van der Waals surface area contributed by atoms with Crippen LogP contribution in [0, 0.1) is 23.7 Å². The standard InChI is InChI=1S/C21H24N2O2/c24-20-18-14-6-7-15(10-14)19(18)21(25)23(20)9-8-22-17-11-16(12-17)13-4-2-1-3-5-13/h1-7,14-19,22H,8-12H2/t14-,15-,16?,17?,18+,19+/m0/s1. The molecule has 4 nitrogen and oxygen atoms in total. The van der Waals surface area contributed by atoms with Crippen molar-refractivity contribution in [2.45, 2.75) is 31.2 Å². The van der Waals surface area contributed by atoms with Crippen molar-refractivity contribution < 1.29 is 9.59 Å². The van der Waals surface area contributed by atoms with E-state index in [1.165, 1.54) is 10.5 Å². The summed E-state index contributed by atoms with van der Waals surface area (Å²) >= 11 is 0. The zero-order valence-corrected chi connectivity index (χ0v) is 14.3. The topological polar surface area (TPSA) is 49.4 Å². The van der Waals surface area contributed by atoms with E-state index in [-0.39, 0.29) is 23.7 Å². The van der Waals surface area contributed by atoms with Crippen molar-refractivity contribution in [2.24, 2.45) is 23.7 Å². The maximum atomic E-state index is 12.6. The SMILES string of the molecule is O=C1[C@H]2[C@H](C(=O)N1CCNC1CC(c3ccccc3)C1)[C@H]1C=C[C@H]2C1. The summed E-state index contributed by atoms with van der Waals surface area (Å²) in [6, 6.07) is 11.2. The van der Waals surface area contributed by atoms with E-state index in [1.807, 2.05) is 0 Å². The minimum Gasteiger partial charge on any atom is -0.312 e. The number of hydrogen-bond donors (Lipinski definition) is 1. The first-order chi connectivity index (χ1) is 12.2. The Hall–Kier alpha value is -1.94. The molecule has 0 unspecified atom stereocenters. The number of nitrogens with one attached hydrogen (secondary N) is 1. The smallest absolute Gasteiger partial charge is 0.233 e. The van der Waals surface area contributed by atoms with E-state index in [4.69, 9.17) is 0 Å². The van der Waals surface area contributed by atoms with Crippen molar-refractivity contribution in [3.8, 4) is 0 Å². The summed E-state index contributed by atoms with van der Waals surface area (Å²) < 4.78 is 0. The zero-order valence-electron chi connectivity index (χ0n) is 14.3. The first-order valence-electron chi connectivity index (χ1n) is 9.54. The van der Waals surface area contributed by atoms with Gasteiger partial charge in [-0.25, -0.2) is 0 Å². The minimum absolute atomic E-state index is 0.0614. The largest absolute Gasteiger partial charge is 0.312 e. The van der Waals surface area contributed by atoms with Gasteiger partial charge < -0.3 is 5.32 Å². The van der Waals surface area contributed by atoms with Crippen molar-refractivity contribution >= 4 is 11.8 Å². The Morgan fingerprint density at radius 1 is 0.920 bits per heavy atom. The highest BCUT2D eigenvalue weighted by molar-refractivity contribution is 6.06. The lowest BCUT2D eigenvalue weighted by molar-refractivity contribution is -0.140. The monoisotopic (exact) mass is 336 g/mol. The quantitative estimate of drug-likeness (QED) is 0.663. The van der Waals surface area contributed by atoms with Crippen LogP contribution in [0.25, 0.3) is 0 Å². The van der Waals surface area contributed by atoms with Crippen molar-refractivity contribution in [3.05, 3.63) is 48.0 Å². The van der Waals surface area contributed by atoms with Crippen molar-refractivity contribution in [3.63, 3.8) is 0 Å². The zero-order chi connectivity index (χ0) is 17.0. The molecule has 0 aromatic heterocycles. The maximum Gasteiger partial charge on any atom is 0.233 e. The summed E-state index contributed by atoms with van der Waals surface area (Å²) in [4.78, 5) is 26.8. The highest BCUT2D eigenvalue weighted by Crippen LogP contribution is 2.52. The number of carbonyl (C=O) groups is 2. The number of rotatable bonds is 5. The molecule has 4 heteroatoms. The van der Waals surface area contributed by atoms with Gasteiger partial charge in [-0.1, -0.05) is 42.5 Å². The third kappa shape index (κ3) is 2.38. The normalized spacial score (nSPS) is 38.3. The van der Waals surface area contributed by atoms with E-state index in [2.05, 4.69) is 47.8 Å². The van der Waals surface area contributed by atoms with Crippen LogP contribution in [0.1, 0.15) is 30.7 Å². The molecule has 1 aromatic carbocycles. The summed E-state index contributed by atoms with van der Waals surface area (Å²) in [5, 5.41) is 3.53. The number of imide groups is 1. The van der Waals surface area contributed by atoms with E-state index >= 15 is 0 Å². The number of amides is 2. The maximum absolute atomic E-state index is 12.6. The van der Waals surface area contributed by atoms with Crippen LogP contribution in [0.15, 0.2) is 42.5 Å². The number of allylic oxidation sites excluding steroid dienone is 2. The predicted octanol–water partition coefficient (Wildman–Crippen LogP) is 2.33. The molecular weight excluding hydrogens is 312 g/mol. The lowest BCUT2D eigenvalue weighted by Gasteiger charge is -2.36. The molecule has 4 atom stereocenters. The molecule has 5 rings (SSSR count). The third-order valence-corrected chi connectivity index (χ3v) is 6.74. The highest BCUT2D eigenvalue weighted by Gasteiger charge is 2.58. The Morgan fingerprint density at radius 2 is 1.56 bits per heavy atom. The second kappa shape index (κ2) is 5.80. The van der Waals surface area contributed by atoms with Crippen LogP contribution < -0.4 is 5.32 Å². The van der Waals surface area contributed by atoms with Gasteiger partial charge in [-0.05, 0) is 42.6 Å². The average Bonchev–Trinajstić information content (AvgIpc) is 3.26. The molecule has 0 radical (unpaired) electrons. The van der Waals surface area contributed by atoms with Gasteiger partial charge in [0.2, 0.25) is 11.8 Å². The molecule has 1 aromatic rings. The van der Waals surface area contributed by atoms with Gasteiger partial charge in [0.1, 0.15) is 0 Å². The number of likely N-dealkylation sites (tertiary alicyclic amines) is 1. The molecule has 130 valence electrons. The van der Waals surface area contributed by atoms with Gasteiger partial charge in [0.05, 0.1) is 11.8 Å². The van der Waals surface area contributed by atoms with Gasteiger partial charge in [-0.2, -0.15) is 0 Å². The number of benzene rings is 1. The summed E-state index contributed by atoms with van der Waals surface area (Å²) in [5.41, 5.74) is 1.42. The van der Waals surface area contributed by atoms with Gasteiger partial charge in [0, 0.05) is 19.1 Å². The lowest BCUT2D eigenvalue weighted by Crippen LogP contribution is -2.45. The Bertz CT molecular complexity index is 693. The fraction of sp³-hybridized carbons (Fsp3) is 0.524. The lowest BCUT2D eigenvalue weighted by atomic mass is 9.76. The number of nitrogens with zero attached hydrogens (tertiary/aromatic N) is 1. The number of carbonyl (C=O) groups excluding carboxylic acids is 2. The Labute approximate surface area is 148 Å². The molecule has 4 aliphatic rings. The van der Waals surface area contributed by atoms with E-state index in [0.29, 0.717) is 36.9 Å². The van der Waals surface area contributed by atoms with Crippen molar-refractivity contribution in [1.82, 2.24) is 10.2 Å². The van der Waals surface area contributed by atoms with Gasteiger partial charge in [0.25, 0.3) is 0 Å². The second-order valence-corrected chi connectivity index (χ2v) is 8.06. The molecule has 2 saturated carbocycles. The van der Waals surface area contributed by atoms with Crippen LogP contribution in [0.4, 0.5) is 0 Å². The molecule has 1 N–H and O–H groups in total. The van der Waals surface area contributed by atoms with E-state index < -0.39 is 0 Å². The van der Waals surface area contributed by atoms with Crippen LogP contribution in [-0.4, -0.2) is 35.8 Å². The summed E-state index contributed by atoms with van der Waals surface area (Å²) in [6.07, 6.45) is 7.59. The number of fused-ring (bicyclic) bond motifs is 5. The highest BCUT2D eigenvalue weighted by atomic mass is 16.2. The van der Waals surface area contributed by atoms with Crippen molar-refractivity contribution in [1.29, 1.82) is 0 Å². The molecule has 3 fully saturated rings. The van der Waals surface area contributed by atoms with Crippen LogP contribution >= 0.6 is 0 Å². The fourth-order valence-electron chi connectivity index (χ4n) is 5.35. The summed E-state index contributed by atoms with van der Waals surface area (Å²) in [7, 11) is 0. The van der Waals surface area contributed by atoms with Crippen LogP contribution in [0.3, 0.4) is 0 Å². The molecule has 1 saturated heterocycles. The second-order valence-electron chi connectivity index (χ2n) is 8.06.